The molecular formula is C13H15NO2. The molecule has 0 bridgehead atoms. The summed E-state index contributed by atoms with van der Waals surface area (Å²) in [4.78, 5) is 15.9. The summed E-state index contributed by atoms with van der Waals surface area (Å²) >= 11 is 0. The van der Waals surface area contributed by atoms with Crippen LogP contribution in [0.5, 0.6) is 0 Å². The van der Waals surface area contributed by atoms with Crippen molar-refractivity contribution in [2.24, 2.45) is 4.99 Å². The van der Waals surface area contributed by atoms with Crippen molar-refractivity contribution in [1.29, 1.82) is 0 Å². The summed E-state index contributed by atoms with van der Waals surface area (Å²) in [5, 5.41) is 0. The third kappa shape index (κ3) is 1.85. The molecule has 3 nitrogen and oxygen atoms in total. The average Bonchev–Trinajstić information content (AvgIpc) is 2.56. The Hall–Kier alpha value is -1.64. The van der Waals surface area contributed by atoms with Gasteiger partial charge in [0.15, 0.2) is 11.9 Å². The standard InChI is InChI=1S/C13H15NO2/c1-9(15)11-13(2,3)14-12(16-11)10-7-5-4-6-8-10/h4-8,11H,1-3H3. The Bertz CT molecular complexity index is 435. The Morgan fingerprint density at radius 2 is 1.94 bits per heavy atom. The largest absolute Gasteiger partial charge is 0.464 e. The van der Waals surface area contributed by atoms with E-state index in [0.29, 0.717) is 5.90 Å². The van der Waals surface area contributed by atoms with E-state index in [0.717, 1.165) is 5.56 Å². The van der Waals surface area contributed by atoms with Gasteiger partial charge in [0.1, 0.15) is 5.54 Å². The maximum Gasteiger partial charge on any atom is 0.217 e. The highest BCUT2D eigenvalue weighted by molar-refractivity contribution is 5.99. The van der Waals surface area contributed by atoms with Gasteiger partial charge in [0.25, 0.3) is 0 Å². The van der Waals surface area contributed by atoms with Crippen LogP contribution < -0.4 is 0 Å². The zero-order chi connectivity index (χ0) is 11.8. The Labute approximate surface area is 95.2 Å². The third-order valence-corrected chi connectivity index (χ3v) is 2.65. The first-order chi connectivity index (χ1) is 7.50. The normalized spacial score (nSPS) is 22.4. The van der Waals surface area contributed by atoms with Gasteiger partial charge in [0.05, 0.1) is 0 Å². The first kappa shape index (κ1) is 10.9. The van der Waals surface area contributed by atoms with Gasteiger partial charge in [-0.25, -0.2) is 4.99 Å². The molecule has 2 rings (SSSR count). The van der Waals surface area contributed by atoms with Crippen LogP contribution in [0.4, 0.5) is 0 Å². The molecule has 0 aliphatic carbocycles. The third-order valence-electron chi connectivity index (χ3n) is 2.65. The Kier molecular flexibility index (Phi) is 2.54. The van der Waals surface area contributed by atoms with E-state index in [1.54, 1.807) is 0 Å². The summed E-state index contributed by atoms with van der Waals surface area (Å²) in [5.41, 5.74) is 0.441. The number of rotatable bonds is 2. The first-order valence-corrected chi connectivity index (χ1v) is 5.33. The van der Waals surface area contributed by atoms with Crippen LogP contribution in [0.2, 0.25) is 0 Å². The van der Waals surface area contributed by atoms with Gasteiger partial charge >= 0.3 is 0 Å². The summed E-state index contributed by atoms with van der Waals surface area (Å²) in [6, 6.07) is 9.64. The van der Waals surface area contributed by atoms with Crippen molar-refractivity contribution < 1.29 is 9.53 Å². The zero-order valence-electron chi connectivity index (χ0n) is 9.73. The lowest BCUT2D eigenvalue weighted by Gasteiger charge is -2.19. The van der Waals surface area contributed by atoms with Crippen LogP contribution in [0.3, 0.4) is 0 Å². The Balaban J connectivity index is 2.31. The molecule has 1 aliphatic rings. The number of ketones is 1. The molecule has 1 aromatic rings. The number of benzene rings is 1. The molecule has 0 aromatic heterocycles. The van der Waals surface area contributed by atoms with Crippen molar-refractivity contribution >= 4 is 11.7 Å². The van der Waals surface area contributed by atoms with Crippen molar-refractivity contribution in [3.63, 3.8) is 0 Å². The molecule has 1 heterocycles. The molecule has 0 spiro atoms. The summed E-state index contributed by atoms with van der Waals surface area (Å²) in [5.74, 6) is 0.575. The summed E-state index contributed by atoms with van der Waals surface area (Å²) in [6.45, 7) is 5.36. The van der Waals surface area contributed by atoms with Gasteiger partial charge in [-0.05, 0) is 32.9 Å². The van der Waals surface area contributed by atoms with Crippen LogP contribution in [0.25, 0.3) is 0 Å². The number of Topliss-reactive ketones (excluding diaryl/α,β-unsaturated/α-hetero) is 1. The fourth-order valence-corrected chi connectivity index (χ4v) is 1.90. The summed E-state index contributed by atoms with van der Waals surface area (Å²) in [6.07, 6.45) is -0.470. The lowest BCUT2D eigenvalue weighted by molar-refractivity contribution is -0.125. The second-order valence-electron chi connectivity index (χ2n) is 4.55. The smallest absolute Gasteiger partial charge is 0.217 e. The van der Waals surface area contributed by atoms with Crippen LogP contribution in [0.1, 0.15) is 26.3 Å². The summed E-state index contributed by atoms with van der Waals surface area (Å²) < 4.78 is 5.62. The molecular weight excluding hydrogens is 202 g/mol. The van der Waals surface area contributed by atoms with Gasteiger partial charge < -0.3 is 4.74 Å². The topological polar surface area (TPSA) is 38.7 Å². The van der Waals surface area contributed by atoms with Gasteiger partial charge in [-0.15, -0.1) is 0 Å². The number of nitrogens with zero attached hydrogens (tertiary/aromatic N) is 1. The van der Waals surface area contributed by atoms with E-state index in [1.807, 2.05) is 44.2 Å². The molecule has 1 atom stereocenters. The number of aliphatic imine (C=N–C) groups is 1. The summed E-state index contributed by atoms with van der Waals surface area (Å²) in [7, 11) is 0. The lowest BCUT2D eigenvalue weighted by Crippen LogP contribution is -2.37. The van der Waals surface area contributed by atoms with Gasteiger partial charge in [0, 0.05) is 5.56 Å². The van der Waals surface area contributed by atoms with Crippen molar-refractivity contribution in [2.75, 3.05) is 0 Å². The van der Waals surface area contributed by atoms with Gasteiger partial charge in [-0.1, -0.05) is 18.2 Å². The second kappa shape index (κ2) is 3.74. The highest BCUT2D eigenvalue weighted by atomic mass is 16.5. The first-order valence-electron chi connectivity index (χ1n) is 5.33. The van der Waals surface area contributed by atoms with Crippen LogP contribution in [0, 0.1) is 0 Å². The van der Waals surface area contributed by atoms with Crippen molar-refractivity contribution in [3.8, 4) is 0 Å². The number of carbonyl (C=O) groups excluding carboxylic acids is 1. The van der Waals surface area contributed by atoms with Gasteiger partial charge in [-0.2, -0.15) is 0 Å². The van der Waals surface area contributed by atoms with Gasteiger partial charge in [0.2, 0.25) is 5.90 Å². The molecule has 3 heteroatoms. The maximum atomic E-state index is 11.4. The maximum absolute atomic E-state index is 11.4. The van der Waals surface area contributed by atoms with Crippen LogP contribution in [0.15, 0.2) is 35.3 Å². The quantitative estimate of drug-likeness (QED) is 0.761. The van der Waals surface area contributed by atoms with Crippen LogP contribution >= 0.6 is 0 Å². The van der Waals surface area contributed by atoms with E-state index < -0.39 is 11.6 Å². The SMILES string of the molecule is CC(=O)C1OC(c2ccccc2)=NC1(C)C. The number of ether oxygens (including phenoxy) is 1. The second-order valence-corrected chi connectivity index (χ2v) is 4.55. The van der Waals surface area contributed by atoms with Crippen LogP contribution in [-0.4, -0.2) is 23.3 Å². The van der Waals surface area contributed by atoms with E-state index in [1.165, 1.54) is 6.92 Å². The minimum Gasteiger partial charge on any atom is -0.464 e. The van der Waals surface area contributed by atoms with Gasteiger partial charge in [-0.3, -0.25) is 4.79 Å². The van der Waals surface area contributed by atoms with E-state index in [9.17, 15) is 4.79 Å². The fraction of sp³-hybridized carbons (Fsp3) is 0.385. The lowest BCUT2D eigenvalue weighted by atomic mass is 9.96. The number of hydrogen-bond donors (Lipinski definition) is 0. The molecule has 0 amide bonds. The van der Waals surface area contributed by atoms with E-state index in [2.05, 4.69) is 4.99 Å². The van der Waals surface area contributed by atoms with E-state index in [4.69, 9.17) is 4.74 Å². The molecule has 0 radical (unpaired) electrons. The molecule has 0 saturated carbocycles. The zero-order valence-corrected chi connectivity index (χ0v) is 9.73. The monoisotopic (exact) mass is 217 g/mol. The van der Waals surface area contributed by atoms with Crippen LogP contribution in [-0.2, 0) is 9.53 Å². The molecule has 1 aliphatic heterocycles. The average molecular weight is 217 g/mol. The Morgan fingerprint density at radius 1 is 1.31 bits per heavy atom. The van der Waals surface area contributed by atoms with Crippen molar-refractivity contribution in [2.45, 2.75) is 32.4 Å². The molecule has 1 aromatic carbocycles. The highest BCUT2D eigenvalue weighted by Gasteiger charge is 2.41. The molecule has 0 fully saturated rings. The highest BCUT2D eigenvalue weighted by Crippen LogP contribution is 2.28. The van der Waals surface area contributed by atoms with E-state index >= 15 is 0 Å². The molecule has 1 unspecified atom stereocenters. The number of carbonyl (C=O) groups is 1. The number of hydrogen-bond acceptors (Lipinski definition) is 3. The molecule has 0 saturated heterocycles. The van der Waals surface area contributed by atoms with Crippen molar-refractivity contribution in [3.05, 3.63) is 35.9 Å². The Morgan fingerprint density at radius 3 is 2.44 bits per heavy atom. The predicted molar refractivity (Wildman–Crippen MR) is 62.6 cm³/mol. The fourth-order valence-electron chi connectivity index (χ4n) is 1.90. The minimum atomic E-state index is -0.475. The van der Waals surface area contributed by atoms with E-state index in [-0.39, 0.29) is 5.78 Å². The molecule has 0 N–H and O–H groups in total. The van der Waals surface area contributed by atoms with Crippen molar-refractivity contribution in [1.82, 2.24) is 0 Å². The molecule has 16 heavy (non-hydrogen) atoms. The predicted octanol–water partition coefficient (Wildman–Crippen LogP) is 2.20. The minimum absolute atomic E-state index is 0.0136. The molecule has 84 valence electrons.